The van der Waals surface area contributed by atoms with Gasteiger partial charge in [-0.1, -0.05) is 24.3 Å². The Labute approximate surface area is 154 Å². The summed E-state index contributed by atoms with van der Waals surface area (Å²) in [6.07, 6.45) is 0.396. The molecule has 0 amide bonds. The summed E-state index contributed by atoms with van der Waals surface area (Å²) in [4.78, 5) is 4.36. The number of thiazole rings is 1. The van der Waals surface area contributed by atoms with Crippen LogP contribution in [0.25, 0.3) is 10.6 Å². The summed E-state index contributed by atoms with van der Waals surface area (Å²) < 4.78 is 53.3. The second-order valence-electron chi connectivity index (χ2n) is 5.65. The Bertz CT molecular complexity index is 986. The number of rotatable bonds is 7. The molecule has 3 aromatic rings. The van der Waals surface area contributed by atoms with E-state index >= 15 is 0 Å². The van der Waals surface area contributed by atoms with Crippen LogP contribution >= 0.6 is 11.3 Å². The lowest BCUT2D eigenvalue weighted by atomic mass is 10.2. The number of nitrogens with one attached hydrogen (secondary N) is 1. The molecule has 0 radical (unpaired) electrons. The molecule has 1 N–H and O–H groups in total. The highest BCUT2D eigenvalue weighted by molar-refractivity contribution is 7.88. The van der Waals surface area contributed by atoms with E-state index in [-0.39, 0.29) is 18.1 Å². The Morgan fingerprint density at radius 3 is 2.50 bits per heavy atom. The zero-order valence-electron chi connectivity index (χ0n) is 13.7. The van der Waals surface area contributed by atoms with E-state index in [1.165, 1.54) is 41.7 Å². The third kappa shape index (κ3) is 4.94. The molecule has 1 heterocycles. The second-order valence-corrected chi connectivity index (χ2v) is 8.32. The third-order valence-electron chi connectivity index (χ3n) is 3.63. The smallest absolute Gasteiger partial charge is 0.215 e. The summed E-state index contributed by atoms with van der Waals surface area (Å²) in [5.74, 6) is -0.966. The van der Waals surface area contributed by atoms with Crippen molar-refractivity contribution in [2.45, 2.75) is 12.2 Å². The fourth-order valence-electron chi connectivity index (χ4n) is 2.37. The Kier molecular flexibility index (Phi) is 5.75. The number of hydrogen-bond acceptors (Lipinski definition) is 4. The highest BCUT2D eigenvalue weighted by Crippen LogP contribution is 2.26. The van der Waals surface area contributed by atoms with Crippen LogP contribution in [-0.4, -0.2) is 19.9 Å². The van der Waals surface area contributed by atoms with Gasteiger partial charge in [0, 0.05) is 23.9 Å². The molecule has 1 aromatic heterocycles. The van der Waals surface area contributed by atoms with Crippen molar-refractivity contribution in [3.05, 3.63) is 76.8 Å². The summed E-state index contributed by atoms with van der Waals surface area (Å²) in [5.41, 5.74) is 1.63. The summed E-state index contributed by atoms with van der Waals surface area (Å²) in [6, 6.07) is 11.7. The topological polar surface area (TPSA) is 59.1 Å². The normalized spacial score (nSPS) is 11.6. The maximum atomic E-state index is 13.8. The zero-order chi connectivity index (χ0) is 18.6. The molecule has 8 heteroatoms. The first kappa shape index (κ1) is 18.6. The van der Waals surface area contributed by atoms with Crippen LogP contribution in [0.4, 0.5) is 8.78 Å². The summed E-state index contributed by atoms with van der Waals surface area (Å²) in [5, 5.41) is 2.35. The van der Waals surface area contributed by atoms with Gasteiger partial charge in [-0.15, -0.1) is 11.3 Å². The second kappa shape index (κ2) is 8.03. The molecule has 136 valence electrons. The fraction of sp³-hybridized carbons (Fsp3) is 0.167. The molecule has 4 nitrogen and oxygen atoms in total. The van der Waals surface area contributed by atoms with Crippen LogP contribution in [-0.2, 0) is 22.2 Å². The number of hydrogen-bond donors (Lipinski definition) is 1. The van der Waals surface area contributed by atoms with Gasteiger partial charge in [0.05, 0.1) is 11.4 Å². The molecule has 0 aliphatic rings. The highest BCUT2D eigenvalue weighted by atomic mass is 32.2. The molecule has 3 rings (SSSR count). The minimum absolute atomic E-state index is 0.184. The Hall–Kier alpha value is -2.16. The lowest BCUT2D eigenvalue weighted by Gasteiger charge is -2.06. The van der Waals surface area contributed by atoms with E-state index < -0.39 is 15.8 Å². The first-order valence-electron chi connectivity index (χ1n) is 7.84. The molecule has 0 saturated carbocycles. The van der Waals surface area contributed by atoms with Crippen LogP contribution in [0.3, 0.4) is 0 Å². The Morgan fingerprint density at radius 2 is 1.77 bits per heavy atom. The van der Waals surface area contributed by atoms with Crippen molar-refractivity contribution in [2.24, 2.45) is 0 Å². The Morgan fingerprint density at radius 1 is 1.04 bits per heavy atom. The molecule has 0 aliphatic heterocycles. The molecule has 0 unspecified atom stereocenters. The largest absolute Gasteiger partial charge is 0.241 e. The van der Waals surface area contributed by atoms with E-state index in [0.717, 1.165) is 0 Å². The summed E-state index contributed by atoms with van der Waals surface area (Å²) >= 11 is 1.31. The van der Waals surface area contributed by atoms with Crippen LogP contribution in [0.15, 0.2) is 53.9 Å². The van der Waals surface area contributed by atoms with Crippen molar-refractivity contribution in [1.29, 1.82) is 0 Å². The SMILES string of the molecule is O=S(=O)(Cc1ccc(F)cc1)NCCc1csc(-c2ccccc2F)n1. The van der Waals surface area contributed by atoms with E-state index in [9.17, 15) is 17.2 Å². The number of aromatic nitrogens is 1. The van der Waals surface area contributed by atoms with Gasteiger partial charge in [-0.3, -0.25) is 0 Å². The van der Waals surface area contributed by atoms with E-state index in [2.05, 4.69) is 9.71 Å². The minimum Gasteiger partial charge on any atom is -0.241 e. The van der Waals surface area contributed by atoms with Crippen molar-refractivity contribution < 1.29 is 17.2 Å². The molecule has 0 saturated heterocycles. The maximum Gasteiger partial charge on any atom is 0.215 e. The molecule has 2 aromatic carbocycles. The maximum absolute atomic E-state index is 13.8. The van der Waals surface area contributed by atoms with Gasteiger partial charge in [0.2, 0.25) is 10.0 Å². The van der Waals surface area contributed by atoms with Crippen molar-refractivity contribution in [1.82, 2.24) is 9.71 Å². The van der Waals surface area contributed by atoms with Gasteiger partial charge in [0.25, 0.3) is 0 Å². The molecule has 0 spiro atoms. The van der Waals surface area contributed by atoms with Crippen molar-refractivity contribution in [3.63, 3.8) is 0 Å². The number of halogens is 2. The molecular weight excluding hydrogens is 378 g/mol. The lowest BCUT2D eigenvalue weighted by Crippen LogP contribution is -2.27. The van der Waals surface area contributed by atoms with Crippen LogP contribution in [0.5, 0.6) is 0 Å². The molecule has 0 aliphatic carbocycles. The van der Waals surface area contributed by atoms with E-state index in [0.29, 0.717) is 28.2 Å². The summed E-state index contributed by atoms with van der Waals surface area (Å²) in [6.45, 7) is 0.184. The van der Waals surface area contributed by atoms with Crippen LogP contribution in [0.1, 0.15) is 11.3 Å². The zero-order valence-corrected chi connectivity index (χ0v) is 15.3. The summed E-state index contributed by atoms with van der Waals surface area (Å²) in [7, 11) is -3.53. The molecule has 26 heavy (non-hydrogen) atoms. The average molecular weight is 394 g/mol. The number of benzene rings is 2. The molecular formula is C18H16F2N2O2S2. The monoisotopic (exact) mass is 394 g/mol. The standard InChI is InChI=1S/C18H16F2N2O2S2/c19-14-7-5-13(6-8-14)12-26(23,24)21-10-9-15-11-25-18(22-15)16-3-1-2-4-17(16)20/h1-8,11,21H,9-10,12H2. The molecule has 0 bridgehead atoms. The fourth-order valence-corrected chi connectivity index (χ4v) is 4.39. The van der Waals surface area contributed by atoms with E-state index in [4.69, 9.17) is 0 Å². The van der Waals surface area contributed by atoms with Gasteiger partial charge in [-0.2, -0.15) is 0 Å². The first-order chi connectivity index (χ1) is 12.4. The van der Waals surface area contributed by atoms with Gasteiger partial charge in [-0.25, -0.2) is 26.9 Å². The first-order valence-corrected chi connectivity index (χ1v) is 10.4. The number of nitrogens with zero attached hydrogens (tertiary/aromatic N) is 1. The van der Waals surface area contributed by atoms with Gasteiger partial charge < -0.3 is 0 Å². The number of sulfonamides is 1. The van der Waals surface area contributed by atoms with Crippen LogP contribution in [0, 0.1) is 11.6 Å². The van der Waals surface area contributed by atoms with Crippen LogP contribution < -0.4 is 4.72 Å². The van der Waals surface area contributed by atoms with Gasteiger partial charge in [-0.05, 0) is 29.8 Å². The average Bonchev–Trinajstić information content (AvgIpc) is 3.05. The van der Waals surface area contributed by atoms with Crippen LogP contribution in [0.2, 0.25) is 0 Å². The van der Waals surface area contributed by atoms with Crippen molar-refractivity contribution in [3.8, 4) is 10.6 Å². The van der Waals surface area contributed by atoms with Gasteiger partial charge >= 0.3 is 0 Å². The van der Waals surface area contributed by atoms with Crippen molar-refractivity contribution >= 4 is 21.4 Å². The highest BCUT2D eigenvalue weighted by Gasteiger charge is 2.13. The predicted octanol–water partition coefficient (Wildman–Crippen LogP) is 3.75. The van der Waals surface area contributed by atoms with E-state index in [1.54, 1.807) is 23.6 Å². The van der Waals surface area contributed by atoms with E-state index in [1.807, 2.05) is 0 Å². The van der Waals surface area contributed by atoms with Gasteiger partial charge in [0.1, 0.15) is 16.6 Å². The third-order valence-corrected chi connectivity index (χ3v) is 5.91. The molecule has 0 fully saturated rings. The Balaban J connectivity index is 1.56. The lowest BCUT2D eigenvalue weighted by molar-refractivity contribution is 0.580. The van der Waals surface area contributed by atoms with Gasteiger partial charge in [0.15, 0.2) is 0 Å². The quantitative estimate of drug-likeness (QED) is 0.664. The predicted molar refractivity (Wildman–Crippen MR) is 98.2 cm³/mol. The molecule has 0 atom stereocenters. The van der Waals surface area contributed by atoms with Crippen molar-refractivity contribution in [2.75, 3.05) is 6.54 Å². The minimum atomic E-state index is -3.53.